The molecule has 0 saturated carbocycles. The van der Waals surface area contributed by atoms with Gasteiger partial charge < -0.3 is 5.32 Å². The maximum atomic E-state index is 13.1. The molecule has 2 aromatic rings. The van der Waals surface area contributed by atoms with Gasteiger partial charge in [-0.2, -0.15) is 5.26 Å². The lowest BCUT2D eigenvalue weighted by molar-refractivity contribution is -0.121. The van der Waals surface area contributed by atoms with Gasteiger partial charge in [0.1, 0.15) is 5.92 Å². The third kappa shape index (κ3) is 3.63. The van der Waals surface area contributed by atoms with E-state index in [1.54, 1.807) is 30.3 Å². The second-order valence-electron chi connectivity index (χ2n) is 4.44. The highest BCUT2D eigenvalue weighted by Crippen LogP contribution is 2.15. The average Bonchev–Trinajstić information content (AvgIpc) is 2.50. The van der Waals surface area contributed by atoms with Crippen molar-refractivity contribution < 1.29 is 13.6 Å². The van der Waals surface area contributed by atoms with Gasteiger partial charge in [-0.15, -0.1) is 0 Å². The summed E-state index contributed by atoms with van der Waals surface area (Å²) < 4.78 is 25.8. The predicted octanol–water partition coefficient (Wildman–Crippen LogP) is 2.89. The molecule has 2 rings (SSSR count). The molecule has 0 aliphatic rings. The number of hydrogen-bond acceptors (Lipinski definition) is 2. The fourth-order valence-electron chi connectivity index (χ4n) is 1.87. The lowest BCUT2D eigenvalue weighted by atomic mass is 10.00. The van der Waals surface area contributed by atoms with E-state index in [2.05, 4.69) is 5.32 Å². The Balaban J connectivity index is 2.04. The Labute approximate surface area is 120 Å². The molecule has 1 N–H and O–H groups in total. The third-order valence-electron chi connectivity index (χ3n) is 2.97. The van der Waals surface area contributed by atoms with Crippen LogP contribution in [-0.2, 0) is 11.3 Å². The van der Waals surface area contributed by atoms with Gasteiger partial charge in [0, 0.05) is 6.54 Å². The highest BCUT2D eigenvalue weighted by Gasteiger charge is 2.19. The Kier molecular flexibility index (Phi) is 4.62. The minimum Gasteiger partial charge on any atom is -0.351 e. The highest BCUT2D eigenvalue weighted by molar-refractivity contribution is 5.86. The topological polar surface area (TPSA) is 52.9 Å². The zero-order valence-corrected chi connectivity index (χ0v) is 11.0. The Bertz CT molecular complexity index is 680. The van der Waals surface area contributed by atoms with Crippen molar-refractivity contribution in [1.29, 1.82) is 5.26 Å². The molecule has 1 atom stereocenters. The number of carbonyl (C=O) groups excluding carboxylic acids is 1. The van der Waals surface area contributed by atoms with Crippen LogP contribution >= 0.6 is 0 Å². The summed E-state index contributed by atoms with van der Waals surface area (Å²) in [5, 5.41) is 11.7. The summed E-state index contributed by atoms with van der Waals surface area (Å²) in [6, 6.07) is 14.0. The molecule has 0 aliphatic heterocycles. The first-order valence-electron chi connectivity index (χ1n) is 6.28. The second-order valence-corrected chi connectivity index (χ2v) is 4.44. The summed E-state index contributed by atoms with van der Waals surface area (Å²) in [6.45, 7) is 0.0288. The number of benzene rings is 2. The molecule has 106 valence electrons. The van der Waals surface area contributed by atoms with Crippen LogP contribution in [0.15, 0.2) is 48.5 Å². The van der Waals surface area contributed by atoms with Gasteiger partial charge in [0.2, 0.25) is 5.91 Å². The molecule has 0 bridgehead atoms. The van der Waals surface area contributed by atoms with Crippen LogP contribution in [0.2, 0.25) is 0 Å². The molecule has 1 amide bonds. The Hall–Kier alpha value is -2.74. The number of carbonyl (C=O) groups is 1. The summed E-state index contributed by atoms with van der Waals surface area (Å²) in [5.74, 6) is -3.32. The van der Waals surface area contributed by atoms with Gasteiger partial charge >= 0.3 is 0 Å². The molecule has 0 aromatic heterocycles. The summed E-state index contributed by atoms with van der Waals surface area (Å²) in [6.07, 6.45) is 0. The zero-order chi connectivity index (χ0) is 15.2. The molecule has 21 heavy (non-hydrogen) atoms. The molecular formula is C16H12F2N2O. The SMILES string of the molecule is N#CC(C(=O)NCc1ccc(F)c(F)c1)c1ccccc1. The Morgan fingerprint density at radius 1 is 1.14 bits per heavy atom. The molecule has 2 aromatic carbocycles. The van der Waals surface area contributed by atoms with Crippen molar-refractivity contribution in [1.82, 2.24) is 5.32 Å². The Morgan fingerprint density at radius 3 is 2.48 bits per heavy atom. The summed E-state index contributed by atoms with van der Waals surface area (Å²) in [4.78, 5) is 12.0. The van der Waals surface area contributed by atoms with Gasteiger partial charge in [0.05, 0.1) is 6.07 Å². The second kappa shape index (κ2) is 6.62. The third-order valence-corrected chi connectivity index (χ3v) is 2.97. The fraction of sp³-hybridized carbons (Fsp3) is 0.125. The van der Waals surface area contributed by atoms with E-state index in [0.717, 1.165) is 12.1 Å². The van der Waals surface area contributed by atoms with E-state index < -0.39 is 23.5 Å². The normalized spacial score (nSPS) is 11.5. The lowest BCUT2D eigenvalue weighted by Crippen LogP contribution is -2.28. The molecule has 1 unspecified atom stereocenters. The molecule has 0 spiro atoms. The van der Waals surface area contributed by atoms with Gasteiger partial charge in [-0.3, -0.25) is 4.79 Å². The standard InChI is InChI=1S/C16H12F2N2O/c17-14-7-6-11(8-15(14)18)10-20-16(21)13(9-19)12-4-2-1-3-5-12/h1-8,13H,10H2,(H,20,21). The van der Waals surface area contributed by atoms with Crippen LogP contribution in [-0.4, -0.2) is 5.91 Å². The minimum absolute atomic E-state index is 0.0288. The van der Waals surface area contributed by atoms with Crippen LogP contribution in [0.3, 0.4) is 0 Å². The van der Waals surface area contributed by atoms with Gasteiger partial charge in [-0.1, -0.05) is 36.4 Å². The predicted molar refractivity (Wildman–Crippen MR) is 73.0 cm³/mol. The van der Waals surface area contributed by atoms with Gasteiger partial charge in [0.25, 0.3) is 0 Å². The van der Waals surface area contributed by atoms with E-state index in [9.17, 15) is 13.6 Å². The quantitative estimate of drug-likeness (QED) is 0.939. The molecule has 0 radical (unpaired) electrons. The highest BCUT2D eigenvalue weighted by atomic mass is 19.2. The number of nitrogens with one attached hydrogen (secondary N) is 1. The smallest absolute Gasteiger partial charge is 0.242 e. The fourth-order valence-corrected chi connectivity index (χ4v) is 1.87. The molecule has 0 aliphatic carbocycles. The summed E-state index contributed by atoms with van der Waals surface area (Å²) in [5.41, 5.74) is 1.01. The molecule has 0 heterocycles. The van der Waals surface area contributed by atoms with E-state index in [0.29, 0.717) is 11.1 Å². The lowest BCUT2D eigenvalue weighted by Gasteiger charge is -2.10. The molecule has 3 nitrogen and oxygen atoms in total. The minimum atomic E-state index is -0.971. The molecule has 0 saturated heterocycles. The van der Waals surface area contributed by atoms with E-state index in [1.165, 1.54) is 6.07 Å². The first-order valence-corrected chi connectivity index (χ1v) is 6.28. The van der Waals surface area contributed by atoms with Crippen molar-refractivity contribution in [2.24, 2.45) is 0 Å². The van der Waals surface area contributed by atoms with Crippen LogP contribution in [0.1, 0.15) is 17.0 Å². The molecule has 0 fully saturated rings. The van der Waals surface area contributed by atoms with Crippen molar-refractivity contribution in [2.45, 2.75) is 12.5 Å². The summed E-state index contributed by atoms with van der Waals surface area (Å²) >= 11 is 0. The largest absolute Gasteiger partial charge is 0.351 e. The maximum absolute atomic E-state index is 13.1. The zero-order valence-electron chi connectivity index (χ0n) is 11.0. The van der Waals surface area contributed by atoms with Crippen molar-refractivity contribution >= 4 is 5.91 Å². The van der Waals surface area contributed by atoms with Crippen molar-refractivity contribution in [3.8, 4) is 6.07 Å². The number of rotatable bonds is 4. The van der Waals surface area contributed by atoms with Crippen LogP contribution in [0.5, 0.6) is 0 Å². The average molecular weight is 286 g/mol. The molecule has 5 heteroatoms. The van der Waals surface area contributed by atoms with Gasteiger partial charge in [0.15, 0.2) is 11.6 Å². The number of nitrogens with zero attached hydrogens (tertiary/aromatic N) is 1. The van der Waals surface area contributed by atoms with Crippen molar-refractivity contribution in [2.75, 3.05) is 0 Å². The molecular weight excluding hydrogens is 274 g/mol. The van der Waals surface area contributed by atoms with Gasteiger partial charge in [-0.25, -0.2) is 8.78 Å². The Morgan fingerprint density at radius 2 is 1.86 bits per heavy atom. The van der Waals surface area contributed by atoms with E-state index >= 15 is 0 Å². The summed E-state index contributed by atoms with van der Waals surface area (Å²) in [7, 11) is 0. The van der Waals surface area contributed by atoms with E-state index in [1.807, 2.05) is 6.07 Å². The van der Waals surface area contributed by atoms with Crippen LogP contribution in [0.4, 0.5) is 8.78 Å². The number of halogens is 2. The van der Waals surface area contributed by atoms with Crippen molar-refractivity contribution in [3.05, 3.63) is 71.3 Å². The van der Waals surface area contributed by atoms with E-state index in [-0.39, 0.29) is 6.54 Å². The first kappa shape index (κ1) is 14.7. The number of hydrogen-bond donors (Lipinski definition) is 1. The number of amides is 1. The van der Waals surface area contributed by atoms with Gasteiger partial charge in [-0.05, 0) is 23.3 Å². The van der Waals surface area contributed by atoms with Crippen LogP contribution in [0.25, 0.3) is 0 Å². The monoisotopic (exact) mass is 286 g/mol. The number of nitriles is 1. The van der Waals surface area contributed by atoms with Crippen LogP contribution < -0.4 is 5.32 Å². The van der Waals surface area contributed by atoms with Crippen LogP contribution in [0, 0.1) is 23.0 Å². The van der Waals surface area contributed by atoms with Crippen molar-refractivity contribution in [3.63, 3.8) is 0 Å². The maximum Gasteiger partial charge on any atom is 0.242 e. The first-order chi connectivity index (χ1) is 10.1. The van der Waals surface area contributed by atoms with E-state index in [4.69, 9.17) is 5.26 Å².